The molecule has 2 heterocycles. The molecular formula is C9H16N2O. The van der Waals surface area contributed by atoms with Gasteiger partial charge in [0.2, 0.25) is 0 Å². The Labute approximate surface area is 73.4 Å². The van der Waals surface area contributed by atoms with Crippen molar-refractivity contribution in [2.24, 2.45) is 10.9 Å². The Kier molecular flexibility index (Phi) is 2.19. The highest BCUT2D eigenvalue weighted by Gasteiger charge is 2.21. The molecule has 0 N–H and O–H groups in total. The van der Waals surface area contributed by atoms with E-state index >= 15 is 0 Å². The smallest absolute Gasteiger partial charge is 0.287 e. The lowest BCUT2D eigenvalue weighted by Gasteiger charge is -2.30. The van der Waals surface area contributed by atoms with Gasteiger partial charge in [-0.25, -0.2) is 4.99 Å². The van der Waals surface area contributed by atoms with Crippen LogP contribution in [-0.4, -0.2) is 37.2 Å². The fourth-order valence-corrected chi connectivity index (χ4v) is 1.72. The van der Waals surface area contributed by atoms with Gasteiger partial charge in [-0.2, -0.15) is 0 Å². The maximum absolute atomic E-state index is 5.40. The second kappa shape index (κ2) is 3.33. The Hall–Kier alpha value is -0.730. The van der Waals surface area contributed by atoms with Crippen molar-refractivity contribution in [3.8, 4) is 0 Å². The zero-order chi connectivity index (χ0) is 8.39. The molecule has 0 aromatic carbocycles. The molecule has 0 aliphatic carbocycles. The van der Waals surface area contributed by atoms with Crippen LogP contribution in [0.25, 0.3) is 0 Å². The minimum atomic E-state index is 0.779. The lowest BCUT2D eigenvalue weighted by atomic mass is 10.00. The predicted molar refractivity (Wildman–Crippen MR) is 48.2 cm³/mol. The van der Waals surface area contributed by atoms with Gasteiger partial charge < -0.3 is 9.64 Å². The lowest BCUT2D eigenvalue weighted by molar-refractivity contribution is 0.215. The van der Waals surface area contributed by atoms with E-state index in [1.165, 1.54) is 12.8 Å². The normalized spacial score (nSPS) is 25.4. The van der Waals surface area contributed by atoms with Gasteiger partial charge in [-0.05, 0) is 18.8 Å². The van der Waals surface area contributed by atoms with Crippen molar-refractivity contribution in [1.82, 2.24) is 4.90 Å². The van der Waals surface area contributed by atoms with E-state index in [1.807, 2.05) is 0 Å². The number of hydrogen-bond donors (Lipinski definition) is 0. The summed E-state index contributed by atoms with van der Waals surface area (Å²) in [7, 11) is 0. The van der Waals surface area contributed by atoms with Crippen LogP contribution >= 0.6 is 0 Å². The van der Waals surface area contributed by atoms with E-state index in [-0.39, 0.29) is 0 Å². The molecule has 0 unspecified atom stereocenters. The van der Waals surface area contributed by atoms with Gasteiger partial charge in [-0.3, -0.25) is 0 Å². The quantitative estimate of drug-likeness (QED) is 0.541. The molecule has 0 aromatic rings. The molecule has 12 heavy (non-hydrogen) atoms. The molecule has 3 heteroatoms. The zero-order valence-corrected chi connectivity index (χ0v) is 7.62. The van der Waals surface area contributed by atoms with E-state index in [0.717, 1.165) is 38.2 Å². The van der Waals surface area contributed by atoms with Crippen molar-refractivity contribution in [2.75, 3.05) is 26.2 Å². The molecule has 0 spiro atoms. The molecule has 0 saturated carbocycles. The van der Waals surface area contributed by atoms with Crippen molar-refractivity contribution < 1.29 is 4.74 Å². The topological polar surface area (TPSA) is 24.8 Å². The number of piperidine rings is 1. The second-order valence-electron chi connectivity index (χ2n) is 3.68. The number of aliphatic imine (C=N–C) groups is 1. The largest absolute Gasteiger partial charge is 0.463 e. The molecule has 2 aliphatic heterocycles. The van der Waals surface area contributed by atoms with Gasteiger partial charge in [0.05, 0.1) is 6.54 Å². The monoisotopic (exact) mass is 168 g/mol. The van der Waals surface area contributed by atoms with Gasteiger partial charge in [0, 0.05) is 13.1 Å². The highest BCUT2D eigenvalue weighted by atomic mass is 16.5. The fraction of sp³-hybridized carbons (Fsp3) is 0.889. The third kappa shape index (κ3) is 1.54. The van der Waals surface area contributed by atoms with Gasteiger partial charge >= 0.3 is 0 Å². The maximum Gasteiger partial charge on any atom is 0.287 e. The number of hydrogen-bond acceptors (Lipinski definition) is 3. The summed E-state index contributed by atoms with van der Waals surface area (Å²) in [5, 5.41) is 0. The lowest BCUT2D eigenvalue weighted by Crippen LogP contribution is -2.38. The maximum atomic E-state index is 5.40. The predicted octanol–water partition coefficient (Wildman–Crippen LogP) is 1.10. The Morgan fingerprint density at radius 2 is 2.17 bits per heavy atom. The van der Waals surface area contributed by atoms with E-state index in [4.69, 9.17) is 4.74 Å². The number of amidine groups is 1. The molecule has 0 aromatic heterocycles. The average molecular weight is 168 g/mol. The molecule has 0 radical (unpaired) electrons. The Bertz CT molecular complexity index is 183. The van der Waals surface area contributed by atoms with Crippen molar-refractivity contribution in [2.45, 2.75) is 19.8 Å². The van der Waals surface area contributed by atoms with Gasteiger partial charge in [-0.1, -0.05) is 6.92 Å². The summed E-state index contributed by atoms with van der Waals surface area (Å²) in [5.41, 5.74) is 0. The van der Waals surface area contributed by atoms with Crippen LogP contribution in [0.3, 0.4) is 0 Å². The van der Waals surface area contributed by atoms with Crippen molar-refractivity contribution in [3.05, 3.63) is 0 Å². The highest BCUT2D eigenvalue weighted by molar-refractivity contribution is 5.75. The van der Waals surface area contributed by atoms with Crippen LogP contribution in [0.15, 0.2) is 4.99 Å². The second-order valence-corrected chi connectivity index (χ2v) is 3.68. The fourth-order valence-electron chi connectivity index (χ4n) is 1.72. The van der Waals surface area contributed by atoms with Crippen LogP contribution in [0.5, 0.6) is 0 Å². The van der Waals surface area contributed by atoms with E-state index in [0.29, 0.717) is 0 Å². The first kappa shape index (κ1) is 7.90. The molecule has 3 nitrogen and oxygen atoms in total. The highest BCUT2D eigenvalue weighted by Crippen LogP contribution is 2.17. The van der Waals surface area contributed by atoms with Crippen LogP contribution in [0, 0.1) is 5.92 Å². The van der Waals surface area contributed by atoms with Crippen molar-refractivity contribution >= 4 is 6.02 Å². The summed E-state index contributed by atoms with van der Waals surface area (Å²) >= 11 is 0. The number of likely N-dealkylation sites (tertiary alicyclic amines) is 1. The SMILES string of the molecule is CC1CCN(C2=NCCO2)CC1. The summed E-state index contributed by atoms with van der Waals surface area (Å²) in [5.74, 6) is 0.878. The minimum absolute atomic E-state index is 0.779. The summed E-state index contributed by atoms with van der Waals surface area (Å²) in [6, 6.07) is 0.891. The molecule has 0 bridgehead atoms. The van der Waals surface area contributed by atoms with Crippen molar-refractivity contribution in [1.29, 1.82) is 0 Å². The first-order valence-electron chi connectivity index (χ1n) is 4.78. The first-order valence-corrected chi connectivity index (χ1v) is 4.78. The van der Waals surface area contributed by atoms with Crippen LogP contribution in [-0.2, 0) is 4.74 Å². The number of ether oxygens (including phenoxy) is 1. The van der Waals surface area contributed by atoms with Crippen LogP contribution in [0.4, 0.5) is 0 Å². The average Bonchev–Trinajstić information content (AvgIpc) is 2.58. The van der Waals surface area contributed by atoms with Gasteiger partial charge in [0.25, 0.3) is 6.02 Å². The summed E-state index contributed by atoms with van der Waals surface area (Å²) < 4.78 is 5.40. The van der Waals surface area contributed by atoms with Crippen molar-refractivity contribution in [3.63, 3.8) is 0 Å². The van der Waals surface area contributed by atoms with Gasteiger partial charge in [0.1, 0.15) is 6.61 Å². The minimum Gasteiger partial charge on any atom is -0.463 e. The molecule has 0 atom stereocenters. The summed E-state index contributed by atoms with van der Waals surface area (Å²) in [6.07, 6.45) is 2.56. The van der Waals surface area contributed by atoms with Crippen LogP contribution in [0.1, 0.15) is 19.8 Å². The summed E-state index contributed by atoms with van der Waals surface area (Å²) in [4.78, 5) is 6.58. The number of rotatable bonds is 0. The molecular weight excluding hydrogens is 152 g/mol. The molecule has 2 rings (SSSR count). The van der Waals surface area contributed by atoms with E-state index < -0.39 is 0 Å². The standard InChI is InChI=1S/C9H16N2O/c1-8-2-5-11(6-3-8)9-10-4-7-12-9/h8H,2-7H2,1H3. The molecule has 68 valence electrons. The zero-order valence-electron chi connectivity index (χ0n) is 7.62. The van der Waals surface area contributed by atoms with E-state index in [9.17, 15) is 0 Å². The van der Waals surface area contributed by atoms with E-state index in [1.54, 1.807) is 0 Å². The molecule has 1 fully saturated rings. The van der Waals surface area contributed by atoms with Gasteiger partial charge in [-0.15, -0.1) is 0 Å². The Morgan fingerprint density at radius 1 is 1.42 bits per heavy atom. The van der Waals surface area contributed by atoms with E-state index in [2.05, 4.69) is 16.8 Å². The molecule has 1 saturated heterocycles. The Balaban J connectivity index is 1.88. The first-order chi connectivity index (χ1) is 5.86. The molecule has 2 aliphatic rings. The molecule has 0 amide bonds. The Morgan fingerprint density at radius 3 is 2.75 bits per heavy atom. The summed E-state index contributed by atoms with van der Waals surface area (Å²) in [6.45, 7) is 6.19. The number of nitrogens with zero attached hydrogens (tertiary/aromatic N) is 2. The van der Waals surface area contributed by atoms with Crippen LogP contribution in [0.2, 0.25) is 0 Å². The third-order valence-corrected chi connectivity index (χ3v) is 2.62. The van der Waals surface area contributed by atoms with Crippen LogP contribution < -0.4 is 0 Å². The van der Waals surface area contributed by atoms with Gasteiger partial charge in [0.15, 0.2) is 0 Å². The third-order valence-electron chi connectivity index (χ3n) is 2.62.